The largest absolute Gasteiger partial charge is 0.0623 e. The van der Waals surface area contributed by atoms with Crippen LogP contribution in [0.3, 0.4) is 0 Å². The van der Waals surface area contributed by atoms with Crippen molar-refractivity contribution < 1.29 is 0 Å². The van der Waals surface area contributed by atoms with Crippen LogP contribution in [0.15, 0.2) is 97.1 Å². The predicted octanol–water partition coefficient (Wildman–Crippen LogP) is 5.53. The summed E-state index contributed by atoms with van der Waals surface area (Å²) in [5.41, 5.74) is 2.43. The molecule has 0 radical (unpaired) electrons. The average Bonchev–Trinajstić information content (AvgIpc) is 2.52. The minimum absolute atomic E-state index is 1.21. The maximum absolute atomic E-state index is 2.09. The second-order valence-corrected chi connectivity index (χ2v) is 4.31. The lowest BCUT2D eigenvalue weighted by Crippen LogP contribution is -1.66. The zero-order valence-corrected chi connectivity index (χ0v) is 11.4. The van der Waals surface area contributed by atoms with Crippen LogP contribution in [0.1, 0.15) is 11.1 Å². The monoisotopic (exact) mass is 258 g/mol. The summed E-state index contributed by atoms with van der Waals surface area (Å²) in [5.74, 6) is 0. The highest BCUT2D eigenvalue weighted by Crippen LogP contribution is 2.02. The Bertz CT molecular complexity index is 542. The molecule has 2 rings (SSSR count). The molecule has 0 aliphatic heterocycles. The molecule has 98 valence electrons. The first-order valence-electron chi connectivity index (χ1n) is 6.73. The molecule has 0 heterocycles. The van der Waals surface area contributed by atoms with Crippen LogP contribution in [0.5, 0.6) is 0 Å². The SMILES string of the molecule is C(/C=C\C=C/c1ccccc1)=C/C=C\c1ccccc1. The molecule has 0 saturated carbocycles. The van der Waals surface area contributed by atoms with Crippen LogP contribution in [0.4, 0.5) is 0 Å². The molecule has 0 aromatic heterocycles. The van der Waals surface area contributed by atoms with Gasteiger partial charge in [0.2, 0.25) is 0 Å². The van der Waals surface area contributed by atoms with Crippen LogP contribution in [0.2, 0.25) is 0 Å². The minimum Gasteiger partial charge on any atom is -0.0623 e. The zero-order chi connectivity index (χ0) is 13.9. The third-order valence-electron chi connectivity index (χ3n) is 2.73. The van der Waals surface area contributed by atoms with E-state index in [1.807, 2.05) is 72.9 Å². The van der Waals surface area contributed by atoms with Crippen molar-refractivity contribution in [1.82, 2.24) is 0 Å². The maximum atomic E-state index is 2.09. The van der Waals surface area contributed by atoms with Gasteiger partial charge in [0, 0.05) is 0 Å². The Morgan fingerprint density at radius 1 is 0.400 bits per heavy atom. The van der Waals surface area contributed by atoms with E-state index in [4.69, 9.17) is 0 Å². The highest BCUT2D eigenvalue weighted by atomic mass is 13.9. The molecular formula is C20H18. The van der Waals surface area contributed by atoms with Crippen molar-refractivity contribution in [2.45, 2.75) is 0 Å². The van der Waals surface area contributed by atoms with Gasteiger partial charge in [0.15, 0.2) is 0 Å². The second-order valence-electron chi connectivity index (χ2n) is 4.31. The summed E-state index contributed by atoms with van der Waals surface area (Å²) >= 11 is 0. The van der Waals surface area contributed by atoms with Gasteiger partial charge in [-0.2, -0.15) is 0 Å². The third kappa shape index (κ3) is 5.36. The van der Waals surface area contributed by atoms with Crippen molar-refractivity contribution in [3.05, 3.63) is 108 Å². The van der Waals surface area contributed by atoms with Crippen LogP contribution in [-0.4, -0.2) is 0 Å². The van der Waals surface area contributed by atoms with Gasteiger partial charge in [-0.1, -0.05) is 109 Å². The lowest BCUT2D eigenvalue weighted by Gasteiger charge is -1.88. The van der Waals surface area contributed by atoms with Crippen molar-refractivity contribution in [2.24, 2.45) is 0 Å². The molecule has 2 aromatic carbocycles. The highest BCUT2D eigenvalue weighted by Gasteiger charge is 1.80. The summed E-state index contributed by atoms with van der Waals surface area (Å²) < 4.78 is 0. The molecule has 2 aromatic rings. The molecule has 0 fully saturated rings. The van der Waals surface area contributed by atoms with Gasteiger partial charge in [-0.15, -0.1) is 0 Å². The number of allylic oxidation sites excluding steroid dienone is 6. The molecule has 0 nitrogen and oxygen atoms in total. The van der Waals surface area contributed by atoms with E-state index in [1.54, 1.807) is 0 Å². The standard InChI is InChI=1S/C20H18/c1(3-7-13-19-15-9-5-10-16-19)2-4-8-14-20-17-11-6-12-18-20/h1-18H/b3-1-,4-2-,13-7-,14-8-. The van der Waals surface area contributed by atoms with Gasteiger partial charge in [0.1, 0.15) is 0 Å². The maximum Gasteiger partial charge on any atom is -0.0257 e. The molecule has 0 spiro atoms. The van der Waals surface area contributed by atoms with E-state index in [1.165, 1.54) is 11.1 Å². The van der Waals surface area contributed by atoms with E-state index >= 15 is 0 Å². The van der Waals surface area contributed by atoms with Gasteiger partial charge in [-0.05, 0) is 11.1 Å². The smallest absolute Gasteiger partial charge is 0.0257 e. The van der Waals surface area contributed by atoms with Crippen LogP contribution < -0.4 is 0 Å². The Balaban J connectivity index is 1.77. The van der Waals surface area contributed by atoms with Crippen LogP contribution in [0, 0.1) is 0 Å². The van der Waals surface area contributed by atoms with Crippen LogP contribution in [0.25, 0.3) is 12.2 Å². The molecule has 0 heteroatoms. The van der Waals surface area contributed by atoms with E-state index in [0.717, 1.165) is 0 Å². The van der Waals surface area contributed by atoms with Crippen molar-refractivity contribution in [1.29, 1.82) is 0 Å². The van der Waals surface area contributed by atoms with Gasteiger partial charge < -0.3 is 0 Å². The van der Waals surface area contributed by atoms with E-state index in [-0.39, 0.29) is 0 Å². The Morgan fingerprint density at radius 3 is 1.15 bits per heavy atom. The lowest BCUT2D eigenvalue weighted by atomic mass is 10.2. The van der Waals surface area contributed by atoms with E-state index in [2.05, 4.69) is 36.4 Å². The molecule has 0 aliphatic rings. The number of benzene rings is 2. The van der Waals surface area contributed by atoms with Crippen molar-refractivity contribution >= 4 is 12.2 Å². The Morgan fingerprint density at radius 2 is 0.750 bits per heavy atom. The van der Waals surface area contributed by atoms with Crippen LogP contribution >= 0.6 is 0 Å². The summed E-state index contributed by atoms with van der Waals surface area (Å²) in [4.78, 5) is 0. The highest BCUT2D eigenvalue weighted by molar-refractivity contribution is 5.52. The topological polar surface area (TPSA) is 0 Å². The summed E-state index contributed by atoms with van der Waals surface area (Å²) in [6.45, 7) is 0. The quantitative estimate of drug-likeness (QED) is 0.619. The van der Waals surface area contributed by atoms with Crippen LogP contribution in [-0.2, 0) is 0 Å². The third-order valence-corrected chi connectivity index (χ3v) is 2.73. The lowest BCUT2D eigenvalue weighted by molar-refractivity contribution is 1.66. The summed E-state index contributed by atoms with van der Waals surface area (Å²) in [5, 5.41) is 0. The average molecular weight is 258 g/mol. The number of rotatable bonds is 5. The molecule has 0 saturated heterocycles. The summed E-state index contributed by atoms with van der Waals surface area (Å²) in [6, 6.07) is 20.5. The molecule has 0 bridgehead atoms. The van der Waals surface area contributed by atoms with Crippen molar-refractivity contribution in [3.8, 4) is 0 Å². The van der Waals surface area contributed by atoms with Gasteiger partial charge in [-0.3, -0.25) is 0 Å². The van der Waals surface area contributed by atoms with Gasteiger partial charge in [0.05, 0.1) is 0 Å². The van der Waals surface area contributed by atoms with Crippen molar-refractivity contribution in [2.75, 3.05) is 0 Å². The predicted molar refractivity (Wildman–Crippen MR) is 89.2 cm³/mol. The van der Waals surface area contributed by atoms with Gasteiger partial charge >= 0.3 is 0 Å². The second kappa shape index (κ2) is 8.49. The summed E-state index contributed by atoms with van der Waals surface area (Å²) in [7, 11) is 0. The number of hydrogen-bond acceptors (Lipinski definition) is 0. The minimum atomic E-state index is 1.21. The molecule has 0 amide bonds. The molecule has 0 atom stereocenters. The zero-order valence-electron chi connectivity index (χ0n) is 11.4. The normalized spacial score (nSPS) is 12.2. The van der Waals surface area contributed by atoms with E-state index < -0.39 is 0 Å². The molecule has 0 N–H and O–H groups in total. The number of hydrogen-bond donors (Lipinski definition) is 0. The van der Waals surface area contributed by atoms with E-state index in [0.29, 0.717) is 0 Å². The van der Waals surface area contributed by atoms with Gasteiger partial charge in [0.25, 0.3) is 0 Å². The fraction of sp³-hybridized carbons (Fsp3) is 0. The summed E-state index contributed by atoms with van der Waals surface area (Å²) in [6.07, 6.45) is 16.4. The van der Waals surface area contributed by atoms with E-state index in [9.17, 15) is 0 Å². The van der Waals surface area contributed by atoms with Gasteiger partial charge in [-0.25, -0.2) is 0 Å². The first kappa shape index (κ1) is 13.8. The first-order valence-corrected chi connectivity index (χ1v) is 6.73. The Hall–Kier alpha value is -2.60. The fourth-order valence-corrected chi connectivity index (χ4v) is 1.72. The Kier molecular flexibility index (Phi) is 5.87. The molecule has 0 aliphatic carbocycles. The molecule has 20 heavy (non-hydrogen) atoms. The Labute approximate surface area is 121 Å². The van der Waals surface area contributed by atoms with Crippen molar-refractivity contribution in [3.63, 3.8) is 0 Å². The first-order chi connectivity index (χ1) is 9.95. The molecule has 0 unspecified atom stereocenters. The molecular weight excluding hydrogens is 240 g/mol. The fourth-order valence-electron chi connectivity index (χ4n) is 1.72.